The van der Waals surface area contributed by atoms with E-state index in [0.29, 0.717) is 0 Å². The molecule has 6 heteroatoms. The van der Waals surface area contributed by atoms with Crippen LogP contribution in [0.4, 0.5) is 0 Å². The summed E-state index contributed by atoms with van der Waals surface area (Å²) in [6.07, 6.45) is 4.97. The van der Waals surface area contributed by atoms with Gasteiger partial charge in [0.15, 0.2) is 4.96 Å². The highest BCUT2D eigenvalue weighted by Gasteiger charge is 2.33. The maximum Gasteiger partial charge on any atom is 0.193 e. The number of aromatic nitrogens is 2. The first-order valence-corrected chi connectivity index (χ1v) is 9.96. The first kappa shape index (κ1) is 15.5. The molecule has 0 radical (unpaired) electrons. The molecule has 110 valence electrons. The Kier molecular flexibility index (Phi) is 4.74. The van der Waals surface area contributed by atoms with Crippen LogP contribution in [0.5, 0.6) is 0 Å². The van der Waals surface area contributed by atoms with Gasteiger partial charge in [-0.15, -0.1) is 11.3 Å². The third-order valence-corrected chi connectivity index (χ3v) is 6.87. The number of hydrogen-bond donors (Lipinski definition) is 0. The van der Waals surface area contributed by atoms with Crippen LogP contribution in [-0.4, -0.2) is 20.0 Å². The van der Waals surface area contributed by atoms with E-state index >= 15 is 0 Å². The van der Waals surface area contributed by atoms with Gasteiger partial charge < -0.3 is 0 Å². The molecule has 0 amide bonds. The number of nitrogens with zero attached hydrogens (tertiary/aromatic N) is 2. The van der Waals surface area contributed by atoms with Gasteiger partial charge in [-0.25, -0.2) is 4.98 Å². The molecule has 0 N–H and O–H groups in total. The van der Waals surface area contributed by atoms with E-state index in [0.717, 1.165) is 38.3 Å². The van der Waals surface area contributed by atoms with E-state index in [4.69, 9.17) is 16.6 Å². The zero-order valence-electron chi connectivity index (χ0n) is 11.1. The van der Waals surface area contributed by atoms with Crippen LogP contribution in [-0.2, 0) is 11.8 Å². The molecule has 0 atom stereocenters. The summed E-state index contributed by atoms with van der Waals surface area (Å²) in [4.78, 5) is 5.74. The highest BCUT2D eigenvalue weighted by atomic mass is 79.9. The molecule has 2 nitrogen and oxygen atoms in total. The molecule has 0 aliphatic rings. The van der Waals surface area contributed by atoms with Gasteiger partial charge in [0.1, 0.15) is 0 Å². The van der Waals surface area contributed by atoms with Crippen molar-refractivity contribution in [3.63, 3.8) is 0 Å². The second kappa shape index (κ2) is 6.41. The fraction of sp³-hybridized carbons (Fsp3) is 0.267. The summed E-state index contributed by atoms with van der Waals surface area (Å²) in [6.45, 7) is 0. The summed E-state index contributed by atoms with van der Waals surface area (Å²) in [7, 11) is 0. The number of thiazole rings is 1. The van der Waals surface area contributed by atoms with Crippen molar-refractivity contribution < 1.29 is 0 Å². The van der Waals surface area contributed by atoms with Crippen LogP contribution in [0.25, 0.3) is 4.96 Å². The molecule has 21 heavy (non-hydrogen) atoms. The zero-order chi connectivity index (χ0) is 14.9. The largest absolute Gasteiger partial charge is 0.297 e. The van der Waals surface area contributed by atoms with Gasteiger partial charge in [-0.1, -0.05) is 61.7 Å². The number of halogens is 3. The Labute approximate surface area is 149 Å². The first-order chi connectivity index (χ1) is 10.2. The molecule has 3 rings (SSSR count). The van der Waals surface area contributed by atoms with Crippen molar-refractivity contribution in [2.24, 2.45) is 0 Å². The van der Waals surface area contributed by atoms with Crippen LogP contribution in [0.1, 0.15) is 11.3 Å². The van der Waals surface area contributed by atoms with Crippen LogP contribution in [0.15, 0.2) is 42.0 Å². The second-order valence-corrected chi connectivity index (χ2v) is 7.43. The Morgan fingerprint density at radius 2 is 2.00 bits per heavy atom. The minimum Gasteiger partial charge on any atom is -0.297 e. The fourth-order valence-corrected chi connectivity index (χ4v) is 5.45. The van der Waals surface area contributed by atoms with Crippen LogP contribution < -0.4 is 0 Å². The standard InChI is InChI=1S/C15H13Br2ClN2S/c16-9-15(10-17,12-3-1-2-4-13(12)18)7-11-8-20-5-6-21-14(20)19-11/h1-6,8H,7,9-10H2. The Balaban J connectivity index is 2.01. The topological polar surface area (TPSA) is 17.3 Å². The molecule has 0 spiro atoms. The third kappa shape index (κ3) is 2.93. The van der Waals surface area contributed by atoms with Crippen LogP contribution in [0, 0.1) is 0 Å². The van der Waals surface area contributed by atoms with Crippen molar-refractivity contribution in [1.82, 2.24) is 9.38 Å². The van der Waals surface area contributed by atoms with Gasteiger partial charge in [0, 0.05) is 45.3 Å². The maximum atomic E-state index is 6.42. The minimum absolute atomic E-state index is 0.109. The summed E-state index contributed by atoms with van der Waals surface area (Å²) in [6, 6.07) is 8.05. The predicted octanol–water partition coefficient (Wildman–Crippen LogP) is 5.32. The van der Waals surface area contributed by atoms with Crippen molar-refractivity contribution >= 4 is 59.8 Å². The molecule has 1 aromatic carbocycles. The van der Waals surface area contributed by atoms with Crippen LogP contribution >= 0.6 is 54.8 Å². The normalized spacial score (nSPS) is 12.1. The number of alkyl halides is 2. The summed E-state index contributed by atoms with van der Waals surface area (Å²) in [5, 5.41) is 4.49. The molecular weight excluding hydrogens is 436 g/mol. The monoisotopic (exact) mass is 446 g/mol. The highest BCUT2D eigenvalue weighted by molar-refractivity contribution is 9.09. The third-order valence-electron chi connectivity index (χ3n) is 3.62. The number of benzene rings is 1. The van der Waals surface area contributed by atoms with Crippen molar-refractivity contribution in [3.8, 4) is 0 Å². The molecular formula is C15H13Br2ClN2S. The lowest BCUT2D eigenvalue weighted by Gasteiger charge is -2.31. The van der Waals surface area contributed by atoms with E-state index in [2.05, 4.69) is 48.5 Å². The first-order valence-electron chi connectivity index (χ1n) is 6.46. The summed E-state index contributed by atoms with van der Waals surface area (Å²) in [5.41, 5.74) is 2.12. The maximum absolute atomic E-state index is 6.42. The molecule has 0 saturated heterocycles. The predicted molar refractivity (Wildman–Crippen MR) is 97.5 cm³/mol. The van der Waals surface area contributed by atoms with E-state index in [9.17, 15) is 0 Å². The van der Waals surface area contributed by atoms with Gasteiger partial charge in [0.2, 0.25) is 0 Å². The molecule has 0 aliphatic carbocycles. The van der Waals surface area contributed by atoms with Gasteiger partial charge >= 0.3 is 0 Å². The highest BCUT2D eigenvalue weighted by Crippen LogP contribution is 2.36. The molecule has 0 bridgehead atoms. The van der Waals surface area contributed by atoms with E-state index < -0.39 is 0 Å². The van der Waals surface area contributed by atoms with Gasteiger partial charge in [-0.05, 0) is 11.6 Å². The Hall–Kier alpha value is -0.360. The Morgan fingerprint density at radius 1 is 1.24 bits per heavy atom. The molecule has 3 aromatic rings. The SMILES string of the molecule is Clc1ccccc1C(CBr)(CBr)Cc1cn2ccsc2n1. The van der Waals surface area contributed by atoms with Crippen molar-refractivity contribution in [1.29, 1.82) is 0 Å². The molecule has 2 aromatic heterocycles. The summed E-state index contributed by atoms with van der Waals surface area (Å²) < 4.78 is 2.07. The number of imidazole rings is 1. The minimum atomic E-state index is -0.109. The second-order valence-electron chi connectivity index (χ2n) is 5.03. The van der Waals surface area contributed by atoms with Gasteiger partial charge in [-0.3, -0.25) is 4.40 Å². The van der Waals surface area contributed by atoms with E-state index in [1.807, 2.05) is 29.8 Å². The lowest BCUT2D eigenvalue weighted by atomic mass is 9.80. The van der Waals surface area contributed by atoms with Crippen molar-refractivity contribution in [2.45, 2.75) is 11.8 Å². The van der Waals surface area contributed by atoms with Crippen LogP contribution in [0.3, 0.4) is 0 Å². The van der Waals surface area contributed by atoms with Gasteiger partial charge in [-0.2, -0.15) is 0 Å². The Morgan fingerprint density at radius 3 is 2.67 bits per heavy atom. The van der Waals surface area contributed by atoms with Crippen molar-refractivity contribution in [2.75, 3.05) is 10.7 Å². The van der Waals surface area contributed by atoms with Crippen molar-refractivity contribution in [3.05, 3.63) is 58.3 Å². The molecule has 0 unspecified atom stereocenters. The molecule has 0 aliphatic heterocycles. The lowest BCUT2D eigenvalue weighted by Crippen LogP contribution is -2.33. The zero-order valence-corrected chi connectivity index (χ0v) is 15.8. The van der Waals surface area contributed by atoms with E-state index in [1.54, 1.807) is 11.3 Å². The fourth-order valence-electron chi connectivity index (χ4n) is 2.47. The summed E-state index contributed by atoms with van der Waals surface area (Å²) >= 11 is 15.4. The average molecular weight is 449 g/mol. The Bertz CT molecular complexity index is 720. The number of rotatable bonds is 5. The molecule has 0 saturated carbocycles. The number of fused-ring (bicyclic) bond motifs is 1. The molecule has 2 heterocycles. The lowest BCUT2D eigenvalue weighted by molar-refractivity contribution is 0.545. The average Bonchev–Trinajstić information content (AvgIpc) is 3.07. The quantitative estimate of drug-likeness (QED) is 0.483. The van der Waals surface area contributed by atoms with E-state index in [1.165, 1.54) is 0 Å². The smallest absolute Gasteiger partial charge is 0.193 e. The van der Waals surface area contributed by atoms with Crippen LogP contribution in [0.2, 0.25) is 5.02 Å². The van der Waals surface area contributed by atoms with Gasteiger partial charge in [0.05, 0.1) is 5.69 Å². The van der Waals surface area contributed by atoms with E-state index in [-0.39, 0.29) is 5.41 Å². The molecule has 0 fully saturated rings. The summed E-state index contributed by atoms with van der Waals surface area (Å²) in [5.74, 6) is 0. The van der Waals surface area contributed by atoms with Gasteiger partial charge in [0.25, 0.3) is 0 Å². The number of hydrogen-bond acceptors (Lipinski definition) is 2.